The third-order valence-corrected chi connectivity index (χ3v) is 5.28. The summed E-state index contributed by atoms with van der Waals surface area (Å²) < 4.78 is 8.41. The van der Waals surface area contributed by atoms with Gasteiger partial charge in [-0.05, 0) is 43.2 Å². The maximum Gasteiger partial charge on any atom is 0.122 e. The first kappa shape index (κ1) is 15.8. The molecule has 0 bridgehead atoms. The van der Waals surface area contributed by atoms with Crippen LogP contribution >= 0.6 is 0 Å². The van der Waals surface area contributed by atoms with Crippen LogP contribution in [0.4, 0.5) is 0 Å². The summed E-state index contributed by atoms with van der Waals surface area (Å²) in [6, 6.07) is 4.60. The molecule has 3 heterocycles. The van der Waals surface area contributed by atoms with Crippen LogP contribution in [-0.2, 0) is 24.8 Å². The molecular formula is C19H26N4O. The Morgan fingerprint density at radius 2 is 2.17 bits per heavy atom. The van der Waals surface area contributed by atoms with Crippen LogP contribution in [0.15, 0.2) is 36.9 Å². The highest BCUT2D eigenvalue weighted by Gasteiger charge is 2.36. The van der Waals surface area contributed by atoms with E-state index >= 15 is 0 Å². The van der Waals surface area contributed by atoms with E-state index in [-0.39, 0.29) is 0 Å². The van der Waals surface area contributed by atoms with Gasteiger partial charge in [-0.1, -0.05) is 6.07 Å². The Balaban J connectivity index is 1.47. The lowest BCUT2D eigenvalue weighted by molar-refractivity contribution is 0.0191. The minimum absolute atomic E-state index is 0.325. The number of likely N-dealkylation sites (tertiary alicyclic amines) is 1. The number of rotatable bonds is 7. The molecule has 5 heteroatoms. The van der Waals surface area contributed by atoms with E-state index in [0.29, 0.717) is 12.1 Å². The molecule has 0 aromatic carbocycles. The van der Waals surface area contributed by atoms with E-state index in [2.05, 4.69) is 32.5 Å². The number of pyridine rings is 1. The molecule has 0 unspecified atom stereocenters. The molecule has 2 aliphatic rings. The molecule has 5 nitrogen and oxygen atoms in total. The molecule has 0 N–H and O–H groups in total. The predicted octanol–water partition coefficient (Wildman–Crippen LogP) is 2.43. The molecule has 0 spiro atoms. The van der Waals surface area contributed by atoms with Crippen LogP contribution in [0.5, 0.6) is 0 Å². The topological polar surface area (TPSA) is 43.2 Å². The van der Waals surface area contributed by atoms with Gasteiger partial charge in [0.1, 0.15) is 5.82 Å². The third kappa shape index (κ3) is 3.68. The van der Waals surface area contributed by atoms with Gasteiger partial charge >= 0.3 is 0 Å². The standard InChI is InChI=1S/C19H26N4O/c1-22-10-8-21-19(22)13-23-9-6-18(24-14-15-4-5-15)17(23)11-16-3-2-7-20-12-16/h2-3,7-8,10,12,15,17-18H,4-6,9,11,13-14H2,1H3/t17-,18-/m0/s1. The van der Waals surface area contributed by atoms with Crippen LogP contribution < -0.4 is 0 Å². The molecule has 24 heavy (non-hydrogen) atoms. The van der Waals surface area contributed by atoms with Crippen molar-refractivity contribution in [3.8, 4) is 0 Å². The van der Waals surface area contributed by atoms with Crippen molar-refractivity contribution in [2.45, 2.75) is 44.4 Å². The third-order valence-electron chi connectivity index (χ3n) is 5.28. The molecule has 1 saturated carbocycles. The molecule has 1 aliphatic heterocycles. The van der Waals surface area contributed by atoms with Crippen molar-refractivity contribution in [3.05, 3.63) is 48.3 Å². The zero-order valence-electron chi connectivity index (χ0n) is 14.3. The Labute approximate surface area is 143 Å². The minimum Gasteiger partial charge on any atom is -0.376 e. The Bertz CT molecular complexity index is 652. The highest BCUT2D eigenvalue weighted by Crippen LogP contribution is 2.32. The molecule has 2 aromatic rings. The van der Waals surface area contributed by atoms with Gasteiger partial charge in [0.25, 0.3) is 0 Å². The first-order chi connectivity index (χ1) is 11.8. The van der Waals surface area contributed by atoms with Gasteiger partial charge in [0.05, 0.1) is 12.6 Å². The van der Waals surface area contributed by atoms with Gasteiger partial charge in [0.15, 0.2) is 0 Å². The van der Waals surface area contributed by atoms with E-state index in [0.717, 1.165) is 44.3 Å². The fourth-order valence-electron chi connectivity index (χ4n) is 3.57. The normalized spacial score (nSPS) is 24.5. The molecule has 2 aromatic heterocycles. The fraction of sp³-hybridized carbons (Fsp3) is 0.579. The monoisotopic (exact) mass is 326 g/mol. The van der Waals surface area contributed by atoms with Crippen LogP contribution in [0.2, 0.25) is 0 Å². The summed E-state index contributed by atoms with van der Waals surface area (Å²) in [6.07, 6.45) is 12.8. The summed E-state index contributed by atoms with van der Waals surface area (Å²) in [6.45, 7) is 2.90. The summed E-state index contributed by atoms with van der Waals surface area (Å²) in [5, 5.41) is 0. The number of hydrogen-bond donors (Lipinski definition) is 0. The summed E-state index contributed by atoms with van der Waals surface area (Å²) >= 11 is 0. The van der Waals surface area contributed by atoms with Crippen LogP contribution in [0.3, 0.4) is 0 Å². The zero-order chi connectivity index (χ0) is 16.4. The maximum atomic E-state index is 6.30. The SMILES string of the molecule is Cn1ccnc1CN1CC[C@H](OCC2CC2)[C@@H]1Cc1cccnc1. The molecule has 0 radical (unpaired) electrons. The average molecular weight is 326 g/mol. The van der Waals surface area contributed by atoms with Gasteiger partial charge in [-0.15, -0.1) is 0 Å². The van der Waals surface area contributed by atoms with E-state index in [1.165, 1.54) is 18.4 Å². The molecule has 1 saturated heterocycles. The van der Waals surface area contributed by atoms with Crippen LogP contribution in [0, 0.1) is 5.92 Å². The fourth-order valence-corrected chi connectivity index (χ4v) is 3.57. The number of nitrogens with zero attached hydrogens (tertiary/aromatic N) is 4. The van der Waals surface area contributed by atoms with E-state index in [1.807, 2.05) is 30.9 Å². The quantitative estimate of drug-likeness (QED) is 0.784. The van der Waals surface area contributed by atoms with E-state index in [1.54, 1.807) is 0 Å². The molecule has 2 atom stereocenters. The van der Waals surface area contributed by atoms with Gasteiger partial charge in [-0.3, -0.25) is 9.88 Å². The zero-order valence-corrected chi connectivity index (χ0v) is 14.3. The molecule has 2 fully saturated rings. The van der Waals surface area contributed by atoms with Crippen LogP contribution in [0.1, 0.15) is 30.7 Å². The van der Waals surface area contributed by atoms with Crippen molar-refractivity contribution in [1.29, 1.82) is 0 Å². The molecular weight excluding hydrogens is 300 g/mol. The lowest BCUT2D eigenvalue weighted by Gasteiger charge is -2.28. The van der Waals surface area contributed by atoms with Gasteiger partial charge < -0.3 is 9.30 Å². The Hall–Kier alpha value is -1.72. The van der Waals surface area contributed by atoms with Crippen LogP contribution in [0.25, 0.3) is 0 Å². The van der Waals surface area contributed by atoms with Crippen molar-refractivity contribution in [3.63, 3.8) is 0 Å². The second kappa shape index (κ2) is 7.03. The van der Waals surface area contributed by atoms with E-state index < -0.39 is 0 Å². The van der Waals surface area contributed by atoms with E-state index in [9.17, 15) is 0 Å². The molecule has 128 valence electrons. The highest BCUT2D eigenvalue weighted by atomic mass is 16.5. The van der Waals surface area contributed by atoms with Gasteiger partial charge in [0, 0.05) is 51.0 Å². The maximum absolute atomic E-state index is 6.30. The van der Waals surface area contributed by atoms with Crippen molar-refractivity contribution >= 4 is 0 Å². The first-order valence-electron chi connectivity index (χ1n) is 9.00. The molecule has 4 rings (SSSR count). The predicted molar refractivity (Wildman–Crippen MR) is 92.4 cm³/mol. The lowest BCUT2D eigenvalue weighted by atomic mass is 10.0. The highest BCUT2D eigenvalue weighted by molar-refractivity contribution is 5.12. The number of imidazole rings is 1. The summed E-state index contributed by atoms with van der Waals surface area (Å²) in [5.41, 5.74) is 1.29. The Morgan fingerprint density at radius 3 is 2.88 bits per heavy atom. The Morgan fingerprint density at radius 1 is 1.25 bits per heavy atom. The number of hydrogen-bond acceptors (Lipinski definition) is 4. The minimum atomic E-state index is 0.325. The van der Waals surface area contributed by atoms with Crippen molar-refractivity contribution in [2.24, 2.45) is 13.0 Å². The summed E-state index contributed by atoms with van der Waals surface area (Å²) in [5.74, 6) is 1.93. The summed E-state index contributed by atoms with van der Waals surface area (Å²) in [7, 11) is 2.07. The van der Waals surface area contributed by atoms with Gasteiger partial charge in [0.2, 0.25) is 0 Å². The number of aryl methyl sites for hydroxylation is 1. The Kier molecular flexibility index (Phi) is 4.63. The molecule has 1 aliphatic carbocycles. The average Bonchev–Trinajstić information content (AvgIpc) is 3.24. The van der Waals surface area contributed by atoms with Crippen molar-refractivity contribution < 1.29 is 4.74 Å². The second-order valence-electron chi connectivity index (χ2n) is 7.16. The largest absolute Gasteiger partial charge is 0.376 e. The smallest absolute Gasteiger partial charge is 0.122 e. The van der Waals surface area contributed by atoms with Gasteiger partial charge in [-0.2, -0.15) is 0 Å². The van der Waals surface area contributed by atoms with Crippen LogP contribution in [-0.4, -0.2) is 44.7 Å². The van der Waals surface area contributed by atoms with Crippen molar-refractivity contribution in [1.82, 2.24) is 19.4 Å². The van der Waals surface area contributed by atoms with Gasteiger partial charge in [-0.25, -0.2) is 4.98 Å². The number of aromatic nitrogens is 3. The second-order valence-corrected chi connectivity index (χ2v) is 7.16. The summed E-state index contributed by atoms with van der Waals surface area (Å²) in [4.78, 5) is 11.3. The first-order valence-corrected chi connectivity index (χ1v) is 9.00. The lowest BCUT2D eigenvalue weighted by Crippen LogP contribution is -2.38. The number of ether oxygens (including phenoxy) is 1. The molecule has 0 amide bonds. The van der Waals surface area contributed by atoms with Crippen molar-refractivity contribution in [2.75, 3.05) is 13.2 Å². The van der Waals surface area contributed by atoms with E-state index in [4.69, 9.17) is 4.74 Å².